The number of rotatable bonds is 25. The number of β-amino-alcohol motifs (C(OH)–C–C–N with tert-alkyl or cyclic N) is 1. The molecule has 8 heteroatoms. The number of amides is 3. The number of aliphatic hydroxyl groups is 1. The van der Waals surface area contributed by atoms with Crippen LogP contribution in [0.2, 0.25) is 0 Å². The van der Waals surface area contributed by atoms with Crippen LogP contribution in [0.25, 0.3) is 0 Å². The summed E-state index contributed by atoms with van der Waals surface area (Å²) in [6.07, 6.45) is 20.6. The number of carbonyl (C=O) groups excluding carboxylic acids is 3. The van der Waals surface area contributed by atoms with Gasteiger partial charge in [-0.05, 0) is 56.9 Å². The summed E-state index contributed by atoms with van der Waals surface area (Å²) in [5.41, 5.74) is 6.52. The van der Waals surface area contributed by atoms with Gasteiger partial charge in [0, 0.05) is 32.5 Å². The van der Waals surface area contributed by atoms with Crippen molar-refractivity contribution in [1.82, 2.24) is 15.5 Å². The van der Waals surface area contributed by atoms with Gasteiger partial charge < -0.3 is 26.4 Å². The highest BCUT2D eigenvalue weighted by Gasteiger charge is 2.26. The van der Waals surface area contributed by atoms with Gasteiger partial charge in [-0.2, -0.15) is 0 Å². The zero-order valence-electron chi connectivity index (χ0n) is 26.0. The fourth-order valence-corrected chi connectivity index (χ4v) is 5.88. The Balaban J connectivity index is 1.93. The normalized spacial score (nSPS) is 16.6. The molecule has 2 unspecified atom stereocenters. The molecule has 2 atom stereocenters. The van der Waals surface area contributed by atoms with Gasteiger partial charge in [0.2, 0.25) is 17.7 Å². The van der Waals surface area contributed by atoms with Crippen LogP contribution >= 0.6 is 0 Å². The van der Waals surface area contributed by atoms with Crippen LogP contribution in [0.5, 0.6) is 0 Å². The Hall–Kier alpha value is -1.67. The smallest absolute Gasteiger partial charge is 0.242 e. The average molecular weight is 567 g/mol. The number of nitrogens with one attached hydrogen (secondary N) is 2. The number of unbranched alkanes of at least 4 members (excludes halogenated alkanes) is 10. The summed E-state index contributed by atoms with van der Waals surface area (Å²) in [5.74, 6) is -0.0168. The van der Waals surface area contributed by atoms with Crippen LogP contribution in [0.3, 0.4) is 0 Å². The SMILES string of the molecule is CCCCCC(CN)(CCC)CCCCCC(=O)NCCCCCCCCCC(=O)NCC(=O)N1CCC(O)C1. The lowest BCUT2D eigenvalue weighted by Crippen LogP contribution is -2.39. The van der Waals surface area contributed by atoms with Gasteiger partial charge in [0.15, 0.2) is 0 Å². The molecule has 0 aromatic heterocycles. The van der Waals surface area contributed by atoms with Crippen molar-refractivity contribution < 1.29 is 19.5 Å². The molecule has 0 bridgehead atoms. The van der Waals surface area contributed by atoms with Crippen molar-refractivity contribution in [3.05, 3.63) is 0 Å². The van der Waals surface area contributed by atoms with E-state index in [0.29, 0.717) is 37.8 Å². The van der Waals surface area contributed by atoms with Crippen LogP contribution in [-0.2, 0) is 14.4 Å². The number of aliphatic hydroxyl groups excluding tert-OH is 1. The molecule has 1 aliphatic heterocycles. The second-order valence-electron chi connectivity index (χ2n) is 12.1. The van der Waals surface area contributed by atoms with Crippen LogP contribution in [-0.4, -0.2) is 66.6 Å². The van der Waals surface area contributed by atoms with Crippen molar-refractivity contribution in [2.24, 2.45) is 11.1 Å². The lowest BCUT2D eigenvalue weighted by molar-refractivity contribution is -0.132. The van der Waals surface area contributed by atoms with Crippen molar-refractivity contribution in [1.29, 1.82) is 0 Å². The van der Waals surface area contributed by atoms with E-state index in [4.69, 9.17) is 5.73 Å². The highest BCUT2D eigenvalue weighted by Crippen LogP contribution is 2.35. The Morgan fingerprint density at radius 1 is 0.775 bits per heavy atom. The first-order chi connectivity index (χ1) is 19.4. The van der Waals surface area contributed by atoms with Gasteiger partial charge in [-0.1, -0.05) is 84.5 Å². The molecule has 1 saturated heterocycles. The maximum Gasteiger partial charge on any atom is 0.242 e. The zero-order chi connectivity index (χ0) is 29.5. The minimum atomic E-state index is -0.433. The molecule has 3 amide bonds. The second kappa shape index (κ2) is 23.0. The van der Waals surface area contributed by atoms with Gasteiger partial charge in [0.1, 0.15) is 0 Å². The molecule has 5 N–H and O–H groups in total. The maximum absolute atomic E-state index is 12.2. The van der Waals surface area contributed by atoms with Gasteiger partial charge in [-0.25, -0.2) is 0 Å². The van der Waals surface area contributed by atoms with Crippen molar-refractivity contribution in [3.63, 3.8) is 0 Å². The highest BCUT2D eigenvalue weighted by atomic mass is 16.3. The molecule has 1 aliphatic rings. The molecule has 0 spiro atoms. The molecule has 0 aromatic carbocycles. The van der Waals surface area contributed by atoms with Gasteiger partial charge in [-0.15, -0.1) is 0 Å². The summed E-state index contributed by atoms with van der Waals surface area (Å²) in [4.78, 5) is 37.7. The summed E-state index contributed by atoms with van der Waals surface area (Å²) in [6, 6.07) is 0. The largest absolute Gasteiger partial charge is 0.391 e. The topological polar surface area (TPSA) is 125 Å². The van der Waals surface area contributed by atoms with Gasteiger partial charge in [-0.3, -0.25) is 14.4 Å². The quantitative estimate of drug-likeness (QED) is 0.113. The van der Waals surface area contributed by atoms with E-state index >= 15 is 0 Å². The Morgan fingerprint density at radius 2 is 1.35 bits per heavy atom. The first-order valence-electron chi connectivity index (χ1n) is 16.5. The molecule has 0 radical (unpaired) electrons. The predicted octanol–water partition coefficient (Wildman–Crippen LogP) is 5.21. The second-order valence-corrected chi connectivity index (χ2v) is 12.1. The summed E-state index contributed by atoms with van der Waals surface area (Å²) < 4.78 is 0. The monoisotopic (exact) mass is 566 g/mol. The van der Waals surface area contributed by atoms with Crippen LogP contribution in [0.1, 0.15) is 142 Å². The van der Waals surface area contributed by atoms with E-state index in [-0.39, 0.29) is 24.3 Å². The molecule has 1 heterocycles. The third-order valence-electron chi connectivity index (χ3n) is 8.49. The lowest BCUT2D eigenvalue weighted by atomic mass is 9.74. The van der Waals surface area contributed by atoms with E-state index in [0.717, 1.165) is 70.9 Å². The average Bonchev–Trinajstić information content (AvgIpc) is 3.38. The van der Waals surface area contributed by atoms with Gasteiger partial charge in [0.05, 0.1) is 12.6 Å². The Bertz CT molecular complexity index is 690. The summed E-state index contributed by atoms with van der Waals surface area (Å²) in [6.45, 7) is 7.02. The molecule has 8 nitrogen and oxygen atoms in total. The standard InChI is InChI=1S/C32H62N4O4/c1-3-5-14-21-32(27-33,20-4-2)22-15-11-13-17-29(38)34-23-16-10-8-6-7-9-12-18-30(39)35-25-31(40)36-24-19-28(37)26-36/h28,37H,3-27,33H2,1-2H3,(H,34,38)(H,35,39). The highest BCUT2D eigenvalue weighted by molar-refractivity contribution is 5.84. The van der Waals surface area contributed by atoms with E-state index in [9.17, 15) is 19.5 Å². The van der Waals surface area contributed by atoms with E-state index in [1.54, 1.807) is 4.90 Å². The molecule has 0 saturated carbocycles. The lowest BCUT2D eigenvalue weighted by Gasteiger charge is -2.33. The fraction of sp³-hybridized carbons (Fsp3) is 0.906. The van der Waals surface area contributed by atoms with Crippen LogP contribution in [0.15, 0.2) is 0 Å². The number of nitrogens with two attached hydrogens (primary N) is 1. The number of carbonyl (C=O) groups is 3. The fourth-order valence-electron chi connectivity index (χ4n) is 5.88. The molecule has 40 heavy (non-hydrogen) atoms. The van der Waals surface area contributed by atoms with E-state index in [2.05, 4.69) is 24.5 Å². The third kappa shape index (κ3) is 17.2. The van der Waals surface area contributed by atoms with Crippen molar-refractivity contribution in [2.45, 2.75) is 148 Å². The molecule has 0 aromatic rings. The first kappa shape index (κ1) is 36.4. The van der Waals surface area contributed by atoms with E-state index in [1.807, 2.05) is 0 Å². The van der Waals surface area contributed by atoms with Crippen LogP contribution in [0, 0.1) is 5.41 Å². The van der Waals surface area contributed by atoms with E-state index in [1.165, 1.54) is 51.4 Å². The zero-order valence-corrected chi connectivity index (χ0v) is 26.0. The van der Waals surface area contributed by atoms with Gasteiger partial charge >= 0.3 is 0 Å². The number of likely N-dealkylation sites (tertiary alicyclic amines) is 1. The maximum atomic E-state index is 12.2. The molecule has 234 valence electrons. The minimum absolute atomic E-state index is 0.0236. The molecular weight excluding hydrogens is 504 g/mol. The molecule has 1 rings (SSSR count). The minimum Gasteiger partial charge on any atom is -0.391 e. The molecule has 1 fully saturated rings. The Morgan fingerprint density at radius 3 is 1.93 bits per heavy atom. The number of nitrogens with zero attached hydrogens (tertiary/aromatic N) is 1. The summed E-state index contributed by atoms with van der Waals surface area (Å²) >= 11 is 0. The first-order valence-corrected chi connectivity index (χ1v) is 16.5. The number of hydrogen-bond acceptors (Lipinski definition) is 5. The Kier molecular flexibility index (Phi) is 20.9. The van der Waals surface area contributed by atoms with Crippen LogP contribution in [0.4, 0.5) is 0 Å². The summed E-state index contributed by atoms with van der Waals surface area (Å²) in [7, 11) is 0. The van der Waals surface area contributed by atoms with E-state index < -0.39 is 6.10 Å². The van der Waals surface area contributed by atoms with Crippen molar-refractivity contribution in [2.75, 3.05) is 32.7 Å². The van der Waals surface area contributed by atoms with Crippen molar-refractivity contribution in [3.8, 4) is 0 Å². The number of hydrogen-bond donors (Lipinski definition) is 4. The molecular formula is C32H62N4O4. The molecule has 0 aliphatic carbocycles. The summed E-state index contributed by atoms with van der Waals surface area (Å²) in [5, 5.41) is 15.3. The van der Waals surface area contributed by atoms with Crippen LogP contribution < -0.4 is 16.4 Å². The van der Waals surface area contributed by atoms with Crippen molar-refractivity contribution >= 4 is 17.7 Å². The van der Waals surface area contributed by atoms with Gasteiger partial charge in [0.25, 0.3) is 0 Å². The Labute approximate surface area is 245 Å². The predicted molar refractivity (Wildman–Crippen MR) is 164 cm³/mol. The third-order valence-corrected chi connectivity index (χ3v) is 8.49.